The van der Waals surface area contributed by atoms with Crippen LogP contribution in [0.25, 0.3) is 43.6 Å². The van der Waals surface area contributed by atoms with Crippen LogP contribution >= 0.6 is 0 Å². The van der Waals surface area contributed by atoms with Crippen molar-refractivity contribution in [3.05, 3.63) is 188 Å². The number of aliphatic imine (C=N–C) groups is 1. The maximum atomic E-state index is 13.0. The Labute approximate surface area is 366 Å². The van der Waals surface area contributed by atoms with E-state index < -0.39 is 8.32 Å². The van der Waals surface area contributed by atoms with Crippen LogP contribution < -0.4 is 14.8 Å². The summed E-state index contributed by atoms with van der Waals surface area (Å²) in [5.74, 6) is 2.00. The second-order valence-corrected chi connectivity index (χ2v) is 22.4. The van der Waals surface area contributed by atoms with Crippen LogP contribution in [0.15, 0.2) is 182 Å². The van der Waals surface area contributed by atoms with Crippen LogP contribution in [-0.4, -0.2) is 48.7 Å². The molecule has 8 aromatic rings. The van der Waals surface area contributed by atoms with Crippen LogP contribution in [0.5, 0.6) is 11.5 Å². The average Bonchev–Trinajstić information content (AvgIpc) is 3.31. The summed E-state index contributed by atoms with van der Waals surface area (Å²) in [6.45, 7) is 13.2. The maximum absolute atomic E-state index is 13.0. The van der Waals surface area contributed by atoms with Gasteiger partial charge >= 0.3 is 8.32 Å². The predicted octanol–water partition coefficient (Wildman–Crippen LogP) is 11.9. The molecule has 3 saturated heterocycles. The highest BCUT2D eigenvalue weighted by atomic mass is 28.4. The molecule has 5 atom stereocenters. The number of nitrogens with zero attached hydrogens (tertiary/aromatic N) is 3. The predicted molar refractivity (Wildman–Crippen MR) is 261 cm³/mol. The number of phenolic OH excluding ortho intramolecular Hbond substituents is 1. The number of piperidine rings is 3. The van der Waals surface area contributed by atoms with Gasteiger partial charge in [-0.25, -0.2) is 0 Å². The lowest BCUT2D eigenvalue weighted by molar-refractivity contribution is 0.00797. The number of fused-ring (bicyclic) bond motifs is 6. The van der Waals surface area contributed by atoms with Crippen molar-refractivity contribution in [1.29, 1.82) is 0 Å². The standard InChI is InChI=1S/C56H53N3O2Si/c1-5-38-37-59-33-31-40(38)35-50(59)54(48-30-32-57-49-27-17-16-26-47(48)49)58-36-42-34-41-19-13-15-25-46(41)53(55(42)60)52-45-24-14-12-18-39(45)28-29-51(52)61-62(56(2,3)4,43-20-8-6-9-21-43)44-22-10-7-11-23-44/h5-30,32,34,36,38,40,50,54,60H,1,31,33,35,37H2,2-4H3/t38-,40-,50-,54?/m1/s1. The van der Waals surface area contributed by atoms with Gasteiger partial charge < -0.3 is 9.53 Å². The van der Waals surface area contributed by atoms with Crippen molar-refractivity contribution in [2.24, 2.45) is 16.8 Å². The molecular weight excluding hydrogens is 775 g/mol. The van der Waals surface area contributed by atoms with Gasteiger partial charge in [0.05, 0.1) is 11.6 Å². The normalized spacial score (nSPS) is 19.6. The van der Waals surface area contributed by atoms with E-state index in [2.05, 4.69) is 190 Å². The number of rotatable bonds is 10. The molecular formula is C56H53N3O2Si. The molecule has 308 valence electrons. The molecule has 62 heavy (non-hydrogen) atoms. The zero-order chi connectivity index (χ0) is 42.4. The maximum Gasteiger partial charge on any atom is 0.319 e. The van der Waals surface area contributed by atoms with Crippen molar-refractivity contribution in [2.75, 3.05) is 13.1 Å². The Morgan fingerprint density at radius 1 is 0.758 bits per heavy atom. The number of para-hydroxylation sites is 1. The van der Waals surface area contributed by atoms with E-state index in [1.54, 1.807) is 0 Å². The highest BCUT2D eigenvalue weighted by molar-refractivity contribution is 7.00. The quantitative estimate of drug-likeness (QED) is 0.0848. The Bertz CT molecular complexity index is 2910. The van der Waals surface area contributed by atoms with Crippen molar-refractivity contribution < 1.29 is 9.53 Å². The van der Waals surface area contributed by atoms with Gasteiger partial charge in [-0.2, -0.15) is 0 Å². The van der Waals surface area contributed by atoms with E-state index in [0.29, 0.717) is 17.4 Å². The Morgan fingerprint density at radius 3 is 2.05 bits per heavy atom. The van der Waals surface area contributed by atoms with Gasteiger partial charge in [-0.3, -0.25) is 14.9 Å². The molecule has 4 heterocycles. The van der Waals surface area contributed by atoms with E-state index in [4.69, 9.17) is 14.4 Å². The second-order valence-electron chi connectivity index (χ2n) is 18.2. The highest BCUT2D eigenvalue weighted by Crippen LogP contribution is 2.49. The van der Waals surface area contributed by atoms with Crippen LogP contribution in [0, 0.1) is 11.8 Å². The van der Waals surface area contributed by atoms with Gasteiger partial charge in [0.1, 0.15) is 11.5 Å². The molecule has 1 aromatic heterocycles. The number of hydrogen-bond acceptors (Lipinski definition) is 5. The van der Waals surface area contributed by atoms with Gasteiger partial charge in [0.2, 0.25) is 0 Å². The first-order chi connectivity index (χ1) is 30.2. The lowest BCUT2D eigenvalue weighted by Gasteiger charge is -2.51. The zero-order valence-corrected chi connectivity index (χ0v) is 36.8. The van der Waals surface area contributed by atoms with Crippen molar-refractivity contribution in [1.82, 2.24) is 9.88 Å². The molecule has 0 radical (unpaired) electrons. The van der Waals surface area contributed by atoms with Crippen LogP contribution in [0.1, 0.15) is 50.8 Å². The molecule has 5 nitrogen and oxygen atoms in total. The number of aromatic nitrogens is 1. The van der Waals surface area contributed by atoms with Gasteiger partial charge in [-0.15, -0.1) is 6.58 Å². The summed E-state index contributed by atoms with van der Waals surface area (Å²) >= 11 is 0. The molecule has 0 aliphatic carbocycles. The third kappa shape index (κ3) is 6.82. The Hall–Kier alpha value is -6.34. The van der Waals surface area contributed by atoms with Crippen molar-refractivity contribution in [3.8, 4) is 22.6 Å². The summed E-state index contributed by atoms with van der Waals surface area (Å²) in [5.41, 5.74) is 4.42. The number of aromatic hydroxyl groups is 1. The van der Waals surface area contributed by atoms with E-state index in [0.717, 1.165) is 74.4 Å². The number of hydrogen-bond donors (Lipinski definition) is 1. The van der Waals surface area contributed by atoms with E-state index >= 15 is 0 Å². The molecule has 0 saturated carbocycles. The SMILES string of the molecule is C=C[C@@H]1CN2CC[C@@H]1C[C@@H]2C(N=Cc1cc2ccccc2c(-c2c(O[Si](c3ccccc3)(c3ccccc3)C(C)(C)C)ccc3ccccc23)c1O)c1ccnc2ccccc12. The highest BCUT2D eigenvalue weighted by Gasteiger charge is 2.52. The fourth-order valence-electron chi connectivity index (χ4n) is 10.7. The van der Waals surface area contributed by atoms with Crippen LogP contribution in [0.3, 0.4) is 0 Å². The molecule has 7 aromatic carbocycles. The minimum Gasteiger partial charge on any atom is -0.534 e. The fraction of sp³-hybridized carbons (Fsp3) is 0.214. The largest absolute Gasteiger partial charge is 0.534 e. The smallest absolute Gasteiger partial charge is 0.319 e. The number of pyridine rings is 1. The number of phenols is 1. The van der Waals surface area contributed by atoms with Gasteiger partial charge in [-0.05, 0) is 98.0 Å². The number of benzene rings is 7. The molecule has 1 N–H and O–H groups in total. The minimum absolute atomic E-state index is 0.169. The molecule has 3 aliphatic rings. The van der Waals surface area contributed by atoms with Gasteiger partial charge in [-0.1, -0.05) is 160 Å². The lowest BCUT2D eigenvalue weighted by Crippen LogP contribution is -2.68. The van der Waals surface area contributed by atoms with Crippen LogP contribution in [-0.2, 0) is 0 Å². The summed E-state index contributed by atoms with van der Waals surface area (Å²) in [7, 11) is -3.09. The molecule has 0 spiro atoms. The van der Waals surface area contributed by atoms with Crippen LogP contribution in [0.4, 0.5) is 0 Å². The Kier molecular flexibility index (Phi) is 10.4. The van der Waals surface area contributed by atoms with Gasteiger partial charge in [0.25, 0.3) is 0 Å². The average molecular weight is 828 g/mol. The second kappa shape index (κ2) is 16.2. The van der Waals surface area contributed by atoms with E-state index in [1.807, 2.05) is 18.5 Å². The molecule has 0 amide bonds. The minimum atomic E-state index is -3.09. The molecule has 2 unspecified atom stereocenters. The summed E-state index contributed by atoms with van der Waals surface area (Å²) in [6, 6.07) is 55.3. The zero-order valence-electron chi connectivity index (χ0n) is 35.8. The molecule has 2 bridgehead atoms. The summed E-state index contributed by atoms with van der Waals surface area (Å²) in [4.78, 5) is 12.9. The summed E-state index contributed by atoms with van der Waals surface area (Å²) < 4.78 is 7.87. The Morgan fingerprint density at radius 2 is 1.39 bits per heavy atom. The lowest BCUT2D eigenvalue weighted by atomic mass is 9.73. The van der Waals surface area contributed by atoms with Crippen molar-refractivity contribution >= 4 is 57.4 Å². The van der Waals surface area contributed by atoms with Crippen molar-refractivity contribution in [3.63, 3.8) is 0 Å². The van der Waals surface area contributed by atoms with E-state index in [9.17, 15) is 5.11 Å². The molecule has 3 aliphatic heterocycles. The summed E-state index contributed by atoms with van der Waals surface area (Å²) in [6.07, 6.45) is 8.23. The molecule has 3 fully saturated rings. The fourth-order valence-corrected chi connectivity index (χ4v) is 15.2. The summed E-state index contributed by atoms with van der Waals surface area (Å²) in [5, 5.41) is 20.3. The van der Waals surface area contributed by atoms with E-state index in [1.165, 1.54) is 16.8 Å². The first-order valence-corrected chi connectivity index (χ1v) is 24.0. The van der Waals surface area contributed by atoms with Gasteiger partial charge in [0.15, 0.2) is 0 Å². The monoisotopic (exact) mass is 827 g/mol. The Balaban J connectivity index is 1.19. The first-order valence-electron chi connectivity index (χ1n) is 22.1. The van der Waals surface area contributed by atoms with E-state index in [-0.39, 0.29) is 22.9 Å². The van der Waals surface area contributed by atoms with Crippen molar-refractivity contribution in [2.45, 2.75) is 50.7 Å². The third-order valence-corrected chi connectivity index (χ3v) is 18.7. The molecule has 11 rings (SSSR count). The van der Waals surface area contributed by atoms with Crippen LogP contribution in [0.2, 0.25) is 5.04 Å². The first kappa shape index (κ1) is 39.8. The van der Waals surface area contributed by atoms with Gasteiger partial charge in [0, 0.05) is 47.1 Å². The molecule has 6 heteroatoms. The third-order valence-electron chi connectivity index (χ3n) is 13.8. The topological polar surface area (TPSA) is 58.0 Å².